The first-order valence-corrected chi connectivity index (χ1v) is 49.9. The van der Waals surface area contributed by atoms with Crippen LogP contribution in [0.3, 0.4) is 0 Å². The van der Waals surface area contributed by atoms with Crippen molar-refractivity contribution < 1.29 is 13.7 Å². The van der Waals surface area contributed by atoms with Gasteiger partial charge in [0.15, 0.2) is 0 Å². The number of anilines is 6. The second kappa shape index (κ2) is 35.1. The van der Waals surface area contributed by atoms with Crippen LogP contribution in [-0.4, -0.2) is 15.8 Å². The number of rotatable bonds is 17. The van der Waals surface area contributed by atoms with Gasteiger partial charge in [0.05, 0.1) is 33.4 Å². The minimum Gasteiger partial charge on any atom is -0.310 e. The summed E-state index contributed by atoms with van der Waals surface area (Å²) < 4.78 is 110. The maximum absolute atomic E-state index is 11.5. The van der Waals surface area contributed by atoms with Crippen LogP contribution in [0.15, 0.2) is 364 Å². The molecule has 4 heterocycles. The molecule has 19 aromatic rings. The zero-order chi connectivity index (χ0) is 107. The van der Waals surface area contributed by atoms with Crippen LogP contribution in [0, 0.1) is 27.1 Å². The Morgan fingerprint density at radius 2 is 0.464 bits per heavy atom. The average molecular weight is 1830 g/mol. The fraction of sp³-hybridized carbons (Fsp3) is 0.244. The normalized spacial score (nSPS) is 14.7. The molecule has 4 nitrogen and oxygen atoms in total. The Kier molecular flexibility index (Phi) is 20.3. The summed E-state index contributed by atoms with van der Waals surface area (Å²) in [5, 5.41) is 4.21. The second-order valence-corrected chi connectivity index (χ2v) is 46.1. The zero-order valence-corrected chi connectivity index (χ0v) is 85.0. The average Bonchev–Trinajstić information content (AvgIpc) is 0.751. The van der Waals surface area contributed by atoms with Crippen LogP contribution in [0.2, 0.25) is 0 Å². The van der Waals surface area contributed by atoms with E-state index in [-0.39, 0.29) is 0 Å². The SMILES string of the molecule is [2H]C([2H])(c1cccc(-c2cc(C(C)(C)C)cc(-c3cccc(C([2H])([2H])C(C)(C)C)c3)c2N2c3cc(-n4c5ccc(-c6ccccc6)cc5c5cc(-c6ccccc6)ccc54)ccc3B3c4ccc(-n5c6ccc(-c7ccccc7)cc6c6cc(-c7ccccc7)ccc65)cc4N(c4c(-c5cccc(C([2H])([2H])C(C)(C)C)c5)cc(C(C)(C)C)cc4-c4cccc(C([2H])([2H])C(C)(C)C)c4)c4cc(C([2H])([2H])C(C)(C)C)cc2c43)c1)C(C)(C)C. The summed E-state index contributed by atoms with van der Waals surface area (Å²) in [7, 11) is 0. The molecule has 0 atom stereocenters. The van der Waals surface area contributed by atoms with E-state index in [1.165, 1.54) is 0 Å². The van der Waals surface area contributed by atoms with Crippen LogP contribution in [0.1, 0.15) is 198 Å². The Morgan fingerprint density at radius 3 is 0.714 bits per heavy atom. The van der Waals surface area contributed by atoms with Crippen LogP contribution in [0.25, 0.3) is 144 Å². The van der Waals surface area contributed by atoms with Gasteiger partial charge in [0.25, 0.3) is 6.71 Å². The minimum atomic E-state index is -2.18. The van der Waals surface area contributed by atoms with Gasteiger partial charge in [-0.3, -0.25) is 0 Å². The van der Waals surface area contributed by atoms with Crippen molar-refractivity contribution in [1.82, 2.24) is 9.13 Å². The Morgan fingerprint density at radius 1 is 0.214 bits per heavy atom. The third kappa shape index (κ3) is 18.2. The van der Waals surface area contributed by atoms with Crippen molar-refractivity contribution in [3.8, 4) is 100 Å². The van der Waals surface area contributed by atoms with Crippen molar-refractivity contribution in [3.05, 3.63) is 403 Å². The molecule has 2 aliphatic rings. The molecule has 0 unspecified atom stereocenters. The molecule has 140 heavy (non-hydrogen) atoms. The topological polar surface area (TPSA) is 16.3 Å². The lowest BCUT2D eigenvalue weighted by molar-refractivity contribution is 0.411. The minimum absolute atomic E-state index is 0.374. The monoisotopic (exact) mass is 1830 g/mol. The van der Waals surface area contributed by atoms with Gasteiger partial charge in [0.2, 0.25) is 0 Å². The lowest BCUT2D eigenvalue weighted by Crippen LogP contribution is -2.61. The van der Waals surface area contributed by atoms with E-state index in [1.807, 2.05) is 177 Å². The lowest BCUT2D eigenvalue weighted by atomic mass is 9.33. The molecule has 0 saturated carbocycles. The van der Waals surface area contributed by atoms with Crippen molar-refractivity contribution in [2.75, 3.05) is 9.80 Å². The third-order valence-electron chi connectivity index (χ3n) is 27.2. The largest absolute Gasteiger partial charge is 0.310 e. The van der Waals surface area contributed by atoms with E-state index in [1.54, 1.807) is 0 Å². The van der Waals surface area contributed by atoms with Crippen molar-refractivity contribution in [2.24, 2.45) is 27.1 Å². The summed E-state index contributed by atoms with van der Waals surface area (Å²) in [6, 6.07) is 129. The van der Waals surface area contributed by atoms with Crippen LogP contribution in [0.5, 0.6) is 0 Å². The van der Waals surface area contributed by atoms with Crippen molar-refractivity contribution in [3.63, 3.8) is 0 Å². The zero-order valence-electron chi connectivity index (χ0n) is 95.0. The van der Waals surface area contributed by atoms with E-state index in [0.29, 0.717) is 50.6 Å². The number of hydrogen-bond donors (Lipinski definition) is 0. The van der Waals surface area contributed by atoms with E-state index < -0.39 is 76.5 Å². The summed E-state index contributed by atoms with van der Waals surface area (Å²) in [4.78, 5) is 4.87. The van der Waals surface area contributed by atoms with Gasteiger partial charge in [-0.2, -0.15) is 0 Å². The molecule has 0 spiro atoms. The molecule has 0 fully saturated rings. The van der Waals surface area contributed by atoms with Crippen LogP contribution in [-0.2, 0) is 42.7 Å². The van der Waals surface area contributed by atoms with Gasteiger partial charge < -0.3 is 18.9 Å². The van der Waals surface area contributed by atoms with E-state index in [9.17, 15) is 13.7 Å². The number of nitrogens with zero attached hydrogens (tertiary/aromatic N) is 4. The van der Waals surface area contributed by atoms with E-state index >= 15 is 0 Å². The molecule has 0 amide bonds. The quantitative estimate of drug-likeness (QED) is 0.0845. The summed E-state index contributed by atoms with van der Waals surface area (Å²) in [5.74, 6) is 0. The Hall–Kier alpha value is -14.0. The summed E-state index contributed by atoms with van der Waals surface area (Å²) in [6.45, 7) is 42.0. The Bertz CT molecular complexity index is 7720. The highest BCUT2D eigenvalue weighted by Gasteiger charge is 2.47. The van der Waals surface area contributed by atoms with Crippen molar-refractivity contribution in [1.29, 1.82) is 0 Å². The van der Waals surface area contributed by atoms with Crippen LogP contribution in [0.4, 0.5) is 34.1 Å². The standard InChI is InChI=1S/C135H133BN4/c1-129(2,3)82-87-38-34-50-100(66-87)108-76-104(134(16,17)18)77-109(101-51-35-39-88(67-101)83-130(4,5)6)127(108)139-122-80-106(137-118-62-54-96(92-42-26-22-27-43-92)72-112(118)113-73-97(55-63-119(113)137)93-44-28-23-29-45-93)58-60-116(122)136-117-61-59-107(138-120-64-56-98(94-46-30-24-31-47-94)74-114(120)115-75-99(57-65-121(115)138)95-48-32-25-33-49-95)81-123(117)140(125-71-91(86-133(13,14)15)70-124(139)126(125)136)128-110(102-52-36-40-89(68-102)84-131(7,8)9)78-105(135(19,20)21)79-111(128)103-53-37-41-90(69-103)85-132(10,11)12/h22-81H,82-86H2,1-21H3/i82D2,83D2,84D2,85D2,86D2. The van der Waals surface area contributed by atoms with Gasteiger partial charge in [-0.25, -0.2) is 0 Å². The predicted molar refractivity (Wildman–Crippen MR) is 606 cm³/mol. The number of fused-ring (bicyclic) bond motifs is 10. The van der Waals surface area contributed by atoms with Crippen LogP contribution >= 0.6 is 0 Å². The molecule has 5 heteroatoms. The molecular formula is C135H133BN4. The molecule has 21 rings (SSSR count). The molecule has 0 saturated heterocycles. The van der Waals surface area contributed by atoms with Gasteiger partial charge in [0.1, 0.15) is 0 Å². The first kappa shape index (κ1) is 80.9. The van der Waals surface area contributed by atoms with Gasteiger partial charge in [0, 0.05) is 91.6 Å². The highest BCUT2D eigenvalue weighted by Crippen LogP contribution is 2.57. The highest BCUT2D eigenvalue weighted by atomic mass is 15.2. The van der Waals surface area contributed by atoms with Gasteiger partial charge in [-0.05, 0) is 301 Å². The molecule has 17 aromatic carbocycles. The first-order valence-electron chi connectivity index (χ1n) is 54.9. The summed E-state index contributed by atoms with van der Waals surface area (Å²) >= 11 is 0. The Balaban J connectivity index is 0.985. The van der Waals surface area contributed by atoms with Gasteiger partial charge in [-0.15, -0.1) is 0 Å². The van der Waals surface area contributed by atoms with E-state index in [0.717, 1.165) is 183 Å². The third-order valence-corrected chi connectivity index (χ3v) is 27.2. The van der Waals surface area contributed by atoms with E-state index in [2.05, 4.69) is 352 Å². The molecule has 0 aliphatic carbocycles. The van der Waals surface area contributed by atoms with Gasteiger partial charge in [-0.1, -0.05) is 400 Å². The predicted octanol–water partition coefficient (Wildman–Crippen LogP) is 35.8. The first-order chi connectivity index (χ1) is 70.6. The molecule has 2 aromatic heterocycles. The molecule has 0 radical (unpaired) electrons. The van der Waals surface area contributed by atoms with E-state index in [4.69, 9.17) is 0 Å². The summed E-state index contributed by atoms with van der Waals surface area (Å²) in [5.41, 5.74) is 25.5. The number of hydrogen-bond acceptors (Lipinski definition) is 2. The van der Waals surface area contributed by atoms with Crippen LogP contribution < -0.4 is 26.2 Å². The van der Waals surface area contributed by atoms with Crippen molar-refractivity contribution >= 4 is 101 Å². The molecule has 2 aliphatic heterocycles. The molecule has 696 valence electrons. The fourth-order valence-electron chi connectivity index (χ4n) is 21.4. The number of benzene rings is 17. The maximum Gasteiger partial charge on any atom is 0.252 e. The highest BCUT2D eigenvalue weighted by molar-refractivity contribution is 7.00. The smallest absolute Gasteiger partial charge is 0.252 e. The molecule has 0 bridgehead atoms. The van der Waals surface area contributed by atoms with Crippen molar-refractivity contribution in [2.45, 2.75) is 188 Å². The maximum atomic E-state index is 11.5. The fourth-order valence-corrected chi connectivity index (χ4v) is 21.4. The van der Waals surface area contributed by atoms with Gasteiger partial charge >= 0.3 is 0 Å². The Labute approximate surface area is 846 Å². The number of aromatic nitrogens is 2. The second-order valence-electron chi connectivity index (χ2n) is 46.1. The lowest BCUT2D eigenvalue weighted by Gasteiger charge is -2.46. The molecule has 0 N–H and O–H groups in total. The summed E-state index contributed by atoms with van der Waals surface area (Å²) in [6.07, 6.45) is -9.70. The molecular weight excluding hydrogens is 1690 g/mol.